The van der Waals surface area contributed by atoms with Gasteiger partial charge in [0.15, 0.2) is 0 Å². The molecule has 3 rings (SSSR count). The largest absolute Gasteiger partial charge is 0.373 e. The highest BCUT2D eigenvalue weighted by Crippen LogP contribution is 2.31. The fourth-order valence-electron chi connectivity index (χ4n) is 2.73. The van der Waals surface area contributed by atoms with Crippen molar-refractivity contribution in [2.75, 3.05) is 0 Å². The van der Waals surface area contributed by atoms with Crippen LogP contribution in [0.15, 0.2) is 36.7 Å². The number of ether oxygens (including phenoxy) is 1. The van der Waals surface area contributed by atoms with Crippen molar-refractivity contribution < 1.29 is 4.74 Å². The SMILES string of the molecule is CC1CCC(C(N)c2cccc3ccncc23)O1. The van der Waals surface area contributed by atoms with Gasteiger partial charge in [0.1, 0.15) is 0 Å². The van der Waals surface area contributed by atoms with E-state index in [4.69, 9.17) is 10.5 Å². The Morgan fingerprint density at radius 3 is 3.00 bits per heavy atom. The van der Waals surface area contributed by atoms with Gasteiger partial charge in [-0.05, 0) is 36.8 Å². The van der Waals surface area contributed by atoms with Gasteiger partial charge in [0.25, 0.3) is 0 Å². The molecule has 0 radical (unpaired) electrons. The first kappa shape index (κ1) is 11.6. The summed E-state index contributed by atoms with van der Waals surface area (Å²) in [6.45, 7) is 2.11. The molecule has 3 heteroatoms. The normalized spacial score (nSPS) is 25.4. The van der Waals surface area contributed by atoms with Crippen LogP contribution in [0.4, 0.5) is 0 Å². The highest BCUT2D eigenvalue weighted by molar-refractivity contribution is 5.85. The number of pyridine rings is 1. The van der Waals surface area contributed by atoms with Crippen LogP contribution < -0.4 is 5.73 Å². The monoisotopic (exact) mass is 242 g/mol. The second-order valence-corrected chi connectivity index (χ2v) is 5.03. The van der Waals surface area contributed by atoms with Crippen molar-refractivity contribution in [3.8, 4) is 0 Å². The van der Waals surface area contributed by atoms with Gasteiger partial charge in [0.2, 0.25) is 0 Å². The van der Waals surface area contributed by atoms with Gasteiger partial charge in [0.05, 0.1) is 18.2 Å². The van der Waals surface area contributed by atoms with Crippen LogP contribution >= 0.6 is 0 Å². The number of rotatable bonds is 2. The molecule has 3 atom stereocenters. The predicted molar refractivity (Wildman–Crippen MR) is 72.2 cm³/mol. The number of nitrogens with two attached hydrogens (primary N) is 1. The summed E-state index contributed by atoms with van der Waals surface area (Å²) in [6, 6.07) is 8.18. The molecule has 0 bridgehead atoms. The topological polar surface area (TPSA) is 48.1 Å². The molecule has 2 N–H and O–H groups in total. The molecule has 3 unspecified atom stereocenters. The molecule has 0 spiro atoms. The molecule has 1 fully saturated rings. The van der Waals surface area contributed by atoms with E-state index in [9.17, 15) is 0 Å². The van der Waals surface area contributed by atoms with E-state index in [0.29, 0.717) is 6.10 Å². The highest BCUT2D eigenvalue weighted by Gasteiger charge is 2.28. The Bertz CT molecular complexity index is 550. The zero-order valence-electron chi connectivity index (χ0n) is 10.5. The average molecular weight is 242 g/mol. The van der Waals surface area contributed by atoms with E-state index >= 15 is 0 Å². The lowest BCUT2D eigenvalue weighted by Crippen LogP contribution is -2.26. The van der Waals surface area contributed by atoms with E-state index < -0.39 is 0 Å². The van der Waals surface area contributed by atoms with E-state index in [0.717, 1.165) is 23.8 Å². The highest BCUT2D eigenvalue weighted by atomic mass is 16.5. The van der Waals surface area contributed by atoms with Crippen LogP contribution in [0.2, 0.25) is 0 Å². The minimum absolute atomic E-state index is 0.0668. The lowest BCUT2D eigenvalue weighted by molar-refractivity contribution is 0.0404. The van der Waals surface area contributed by atoms with Crippen LogP contribution in [0.5, 0.6) is 0 Å². The van der Waals surface area contributed by atoms with Crippen LogP contribution in [0.3, 0.4) is 0 Å². The zero-order valence-corrected chi connectivity index (χ0v) is 10.5. The lowest BCUT2D eigenvalue weighted by Gasteiger charge is -2.21. The van der Waals surface area contributed by atoms with Gasteiger partial charge in [-0.25, -0.2) is 0 Å². The molecule has 1 aromatic heterocycles. The van der Waals surface area contributed by atoms with E-state index in [1.165, 1.54) is 5.39 Å². The predicted octanol–water partition coefficient (Wildman–Crippen LogP) is 2.80. The van der Waals surface area contributed by atoms with Crippen molar-refractivity contribution in [1.29, 1.82) is 0 Å². The van der Waals surface area contributed by atoms with Crippen molar-refractivity contribution in [1.82, 2.24) is 4.98 Å². The maximum absolute atomic E-state index is 6.38. The second kappa shape index (κ2) is 4.67. The molecular weight excluding hydrogens is 224 g/mol. The molecule has 2 aromatic rings. The van der Waals surface area contributed by atoms with Gasteiger partial charge in [0, 0.05) is 17.8 Å². The smallest absolute Gasteiger partial charge is 0.0772 e. The van der Waals surface area contributed by atoms with Crippen LogP contribution in [0, 0.1) is 0 Å². The Morgan fingerprint density at radius 1 is 1.33 bits per heavy atom. The fourth-order valence-corrected chi connectivity index (χ4v) is 2.73. The first-order chi connectivity index (χ1) is 8.75. The molecule has 3 nitrogen and oxygen atoms in total. The number of nitrogens with zero attached hydrogens (tertiary/aromatic N) is 1. The standard InChI is InChI=1S/C15H18N2O/c1-10-5-6-14(18-10)15(16)12-4-2-3-11-7-8-17-9-13(11)12/h2-4,7-10,14-15H,5-6,16H2,1H3. The van der Waals surface area contributed by atoms with E-state index in [-0.39, 0.29) is 12.1 Å². The van der Waals surface area contributed by atoms with Gasteiger partial charge in [-0.2, -0.15) is 0 Å². The summed E-state index contributed by atoms with van der Waals surface area (Å²) in [4.78, 5) is 4.20. The molecule has 1 saturated heterocycles. The van der Waals surface area contributed by atoms with Crippen molar-refractivity contribution in [2.45, 2.75) is 38.0 Å². The summed E-state index contributed by atoms with van der Waals surface area (Å²) < 4.78 is 5.88. The number of benzene rings is 1. The van der Waals surface area contributed by atoms with Gasteiger partial charge in [-0.1, -0.05) is 18.2 Å². The molecule has 1 aliphatic heterocycles. The summed E-state index contributed by atoms with van der Waals surface area (Å²) in [5.41, 5.74) is 7.51. The van der Waals surface area contributed by atoms with Crippen molar-refractivity contribution >= 4 is 10.8 Å². The van der Waals surface area contributed by atoms with Crippen molar-refractivity contribution in [2.24, 2.45) is 5.73 Å². The molecule has 0 saturated carbocycles. The van der Waals surface area contributed by atoms with Crippen LogP contribution in [0.1, 0.15) is 31.4 Å². The Labute approximate surface area is 107 Å². The maximum Gasteiger partial charge on any atom is 0.0772 e. The Hall–Kier alpha value is -1.45. The van der Waals surface area contributed by atoms with E-state index in [2.05, 4.69) is 30.1 Å². The summed E-state index contributed by atoms with van der Waals surface area (Å²) >= 11 is 0. The summed E-state index contributed by atoms with van der Waals surface area (Å²) in [5.74, 6) is 0. The molecule has 18 heavy (non-hydrogen) atoms. The minimum atomic E-state index is -0.0668. The summed E-state index contributed by atoms with van der Waals surface area (Å²) in [5, 5.41) is 2.32. The van der Waals surface area contributed by atoms with Gasteiger partial charge >= 0.3 is 0 Å². The van der Waals surface area contributed by atoms with Gasteiger partial charge < -0.3 is 10.5 Å². The molecule has 1 aliphatic rings. The molecule has 0 aliphatic carbocycles. The quantitative estimate of drug-likeness (QED) is 0.881. The van der Waals surface area contributed by atoms with E-state index in [1.807, 2.05) is 18.5 Å². The lowest BCUT2D eigenvalue weighted by atomic mass is 9.96. The van der Waals surface area contributed by atoms with Crippen molar-refractivity contribution in [3.05, 3.63) is 42.2 Å². The number of hydrogen-bond donors (Lipinski definition) is 1. The van der Waals surface area contributed by atoms with Crippen molar-refractivity contribution in [3.63, 3.8) is 0 Å². The Kier molecular flexibility index (Phi) is 3.02. The number of fused-ring (bicyclic) bond motifs is 1. The first-order valence-electron chi connectivity index (χ1n) is 6.49. The molecule has 94 valence electrons. The molecular formula is C15H18N2O. The average Bonchev–Trinajstić information content (AvgIpc) is 2.84. The van der Waals surface area contributed by atoms with Gasteiger partial charge in [-0.15, -0.1) is 0 Å². The van der Waals surface area contributed by atoms with E-state index in [1.54, 1.807) is 0 Å². The van der Waals surface area contributed by atoms with Crippen LogP contribution in [-0.2, 0) is 4.74 Å². The minimum Gasteiger partial charge on any atom is -0.373 e. The van der Waals surface area contributed by atoms with Crippen LogP contribution in [-0.4, -0.2) is 17.2 Å². The first-order valence-corrected chi connectivity index (χ1v) is 6.49. The third kappa shape index (κ3) is 2.00. The third-order valence-corrected chi connectivity index (χ3v) is 3.74. The summed E-state index contributed by atoms with van der Waals surface area (Å²) in [7, 11) is 0. The molecule has 1 aromatic carbocycles. The van der Waals surface area contributed by atoms with Gasteiger partial charge in [-0.3, -0.25) is 4.98 Å². The Balaban J connectivity index is 1.98. The molecule has 2 heterocycles. The van der Waals surface area contributed by atoms with Crippen LogP contribution in [0.25, 0.3) is 10.8 Å². The summed E-state index contributed by atoms with van der Waals surface area (Å²) in [6.07, 6.45) is 6.30. The number of hydrogen-bond acceptors (Lipinski definition) is 3. The Morgan fingerprint density at radius 2 is 2.22 bits per heavy atom. The fraction of sp³-hybridized carbons (Fsp3) is 0.400. The second-order valence-electron chi connectivity index (χ2n) is 5.03. The number of aromatic nitrogens is 1. The zero-order chi connectivity index (χ0) is 12.5. The maximum atomic E-state index is 6.38. The molecule has 0 amide bonds. The third-order valence-electron chi connectivity index (χ3n) is 3.74.